The van der Waals surface area contributed by atoms with E-state index in [9.17, 15) is 4.39 Å². The second-order valence-electron chi connectivity index (χ2n) is 4.16. The van der Waals surface area contributed by atoms with E-state index in [1.165, 1.54) is 12.1 Å². The van der Waals surface area contributed by atoms with Crippen LogP contribution < -0.4 is 10.1 Å². The molecule has 1 aromatic carbocycles. The van der Waals surface area contributed by atoms with Crippen LogP contribution in [0.3, 0.4) is 0 Å². The Morgan fingerprint density at radius 1 is 1.35 bits per heavy atom. The third-order valence-electron chi connectivity index (χ3n) is 2.53. The molecule has 0 saturated heterocycles. The van der Waals surface area contributed by atoms with Gasteiger partial charge in [-0.1, -0.05) is 22.9 Å². The number of halogens is 2. The molecule has 0 aliphatic rings. The van der Waals surface area contributed by atoms with Crippen LogP contribution >= 0.6 is 15.9 Å². The Labute approximate surface area is 125 Å². The van der Waals surface area contributed by atoms with Crippen LogP contribution in [0.1, 0.15) is 18.9 Å². The van der Waals surface area contributed by atoms with Crippen molar-refractivity contribution in [1.29, 1.82) is 0 Å². The molecule has 0 amide bonds. The van der Waals surface area contributed by atoms with Gasteiger partial charge < -0.3 is 10.1 Å². The molecule has 0 radical (unpaired) electrons. The highest BCUT2D eigenvalue weighted by Crippen LogP contribution is 2.19. The molecule has 1 N–H and O–H groups in total. The van der Waals surface area contributed by atoms with E-state index in [-0.39, 0.29) is 5.82 Å². The summed E-state index contributed by atoms with van der Waals surface area (Å²) in [6, 6.07) is 6.25. The summed E-state index contributed by atoms with van der Waals surface area (Å²) in [5.41, 5.74) is 0.800. The molecule has 0 aliphatic heterocycles. The van der Waals surface area contributed by atoms with Crippen LogP contribution in [0.15, 0.2) is 34.9 Å². The van der Waals surface area contributed by atoms with E-state index in [2.05, 4.69) is 31.2 Å². The molecule has 0 aliphatic carbocycles. The lowest BCUT2D eigenvalue weighted by Gasteiger charge is -2.08. The number of hydrogen-bond donors (Lipinski definition) is 1. The first-order chi connectivity index (χ1) is 9.69. The third-order valence-corrected chi connectivity index (χ3v) is 3.30. The van der Waals surface area contributed by atoms with Gasteiger partial charge in [0.15, 0.2) is 0 Å². The SMILES string of the molecule is CCCOc1ccnc(NCc2cc(F)ccc2Br)n1. The molecule has 6 heteroatoms. The molecule has 2 aromatic rings. The number of nitrogens with zero attached hydrogens (tertiary/aromatic N) is 2. The molecule has 1 heterocycles. The Kier molecular flexibility index (Phi) is 5.29. The Morgan fingerprint density at radius 2 is 2.20 bits per heavy atom. The predicted octanol–water partition coefficient (Wildman–Crippen LogP) is 3.78. The average molecular weight is 340 g/mol. The summed E-state index contributed by atoms with van der Waals surface area (Å²) in [5, 5.41) is 3.05. The van der Waals surface area contributed by atoms with Gasteiger partial charge in [-0.25, -0.2) is 9.37 Å². The maximum absolute atomic E-state index is 13.2. The lowest BCUT2D eigenvalue weighted by Crippen LogP contribution is -2.06. The lowest BCUT2D eigenvalue weighted by molar-refractivity contribution is 0.305. The van der Waals surface area contributed by atoms with Gasteiger partial charge in [-0.3, -0.25) is 0 Å². The summed E-state index contributed by atoms with van der Waals surface area (Å²) in [6.45, 7) is 3.07. The quantitative estimate of drug-likeness (QED) is 0.869. The number of hydrogen-bond acceptors (Lipinski definition) is 4. The fourth-order valence-corrected chi connectivity index (χ4v) is 1.95. The number of ether oxygens (including phenoxy) is 1. The van der Waals surface area contributed by atoms with Crippen molar-refractivity contribution in [1.82, 2.24) is 9.97 Å². The highest BCUT2D eigenvalue weighted by molar-refractivity contribution is 9.10. The lowest BCUT2D eigenvalue weighted by atomic mass is 10.2. The van der Waals surface area contributed by atoms with E-state index < -0.39 is 0 Å². The molecule has 4 nitrogen and oxygen atoms in total. The first kappa shape index (κ1) is 14.7. The molecule has 20 heavy (non-hydrogen) atoms. The zero-order chi connectivity index (χ0) is 14.4. The van der Waals surface area contributed by atoms with Crippen LogP contribution in [0.2, 0.25) is 0 Å². The highest BCUT2D eigenvalue weighted by Gasteiger charge is 2.04. The topological polar surface area (TPSA) is 47.0 Å². The van der Waals surface area contributed by atoms with Gasteiger partial charge in [-0.2, -0.15) is 4.98 Å². The fourth-order valence-electron chi connectivity index (χ4n) is 1.57. The minimum Gasteiger partial charge on any atom is -0.478 e. The van der Waals surface area contributed by atoms with Crippen molar-refractivity contribution in [3.63, 3.8) is 0 Å². The van der Waals surface area contributed by atoms with Crippen LogP contribution in [-0.4, -0.2) is 16.6 Å². The van der Waals surface area contributed by atoms with Crippen molar-refractivity contribution in [3.8, 4) is 5.88 Å². The molecule has 0 unspecified atom stereocenters. The molecule has 1 aromatic heterocycles. The van der Waals surface area contributed by atoms with Crippen LogP contribution in [0.5, 0.6) is 5.88 Å². The normalized spacial score (nSPS) is 10.3. The van der Waals surface area contributed by atoms with Gasteiger partial charge in [-0.05, 0) is 30.2 Å². The van der Waals surface area contributed by atoms with Crippen molar-refractivity contribution in [2.75, 3.05) is 11.9 Å². The van der Waals surface area contributed by atoms with E-state index >= 15 is 0 Å². The van der Waals surface area contributed by atoms with Gasteiger partial charge in [-0.15, -0.1) is 0 Å². The summed E-state index contributed by atoms with van der Waals surface area (Å²) in [4.78, 5) is 8.33. The van der Waals surface area contributed by atoms with Crippen molar-refractivity contribution >= 4 is 21.9 Å². The molecule has 106 valence electrons. The zero-order valence-electron chi connectivity index (χ0n) is 11.1. The Bertz CT molecular complexity index is 580. The summed E-state index contributed by atoms with van der Waals surface area (Å²) >= 11 is 3.38. The standard InChI is InChI=1S/C14H15BrFN3O/c1-2-7-20-13-5-6-17-14(19-13)18-9-10-8-11(16)3-4-12(10)15/h3-6,8H,2,7,9H2,1H3,(H,17,18,19). The monoisotopic (exact) mass is 339 g/mol. The molecule has 0 bridgehead atoms. The molecular formula is C14H15BrFN3O. The first-order valence-corrected chi connectivity index (χ1v) is 7.12. The van der Waals surface area contributed by atoms with Crippen molar-refractivity contribution < 1.29 is 9.13 Å². The molecule has 0 saturated carbocycles. The number of anilines is 1. The number of rotatable bonds is 6. The van der Waals surface area contributed by atoms with Crippen LogP contribution in [0, 0.1) is 5.82 Å². The number of nitrogens with one attached hydrogen (secondary N) is 1. The fraction of sp³-hybridized carbons (Fsp3) is 0.286. The largest absolute Gasteiger partial charge is 0.478 e. The van der Waals surface area contributed by atoms with E-state index in [1.807, 2.05) is 6.92 Å². The van der Waals surface area contributed by atoms with Crippen molar-refractivity contribution in [2.24, 2.45) is 0 Å². The summed E-state index contributed by atoms with van der Waals surface area (Å²) in [5.74, 6) is 0.711. The van der Waals surface area contributed by atoms with Crippen LogP contribution in [-0.2, 0) is 6.54 Å². The molecule has 2 rings (SSSR count). The van der Waals surface area contributed by atoms with E-state index in [0.717, 1.165) is 16.5 Å². The average Bonchev–Trinajstić information content (AvgIpc) is 2.46. The molecule has 0 atom stereocenters. The Balaban J connectivity index is 2.01. The number of benzene rings is 1. The second-order valence-corrected chi connectivity index (χ2v) is 5.01. The van der Waals surface area contributed by atoms with Crippen LogP contribution in [0.4, 0.5) is 10.3 Å². The van der Waals surface area contributed by atoms with Gasteiger partial charge >= 0.3 is 0 Å². The zero-order valence-corrected chi connectivity index (χ0v) is 12.7. The van der Waals surface area contributed by atoms with Gasteiger partial charge in [0.05, 0.1) is 6.61 Å². The van der Waals surface area contributed by atoms with Crippen LogP contribution in [0.25, 0.3) is 0 Å². The number of aromatic nitrogens is 2. The summed E-state index contributed by atoms with van der Waals surface area (Å²) < 4.78 is 19.4. The van der Waals surface area contributed by atoms with Gasteiger partial charge in [0.25, 0.3) is 0 Å². The third kappa shape index (κ3) is 4.16. The smallest absolute Gasteiger partial charge is 0.226 e. The second kappa shape index (κ2) is 7.19. The van der Waals surface area contributed by atoms with Gasteiger partial charge in [0.2, 0.25) is 11.8 Å². The van der Waals surface area contributed by atoms with Crippen molar-refractivity contribution in [3.05, 3.63) is 46.3 Å². The first-order valence-electron chi connectivity index (χ1n) is 6.32. The molecular weight excluding hydrogens is 325 g/mol. The Morgan fingerprint density at radius 3 is 3.00 bits per heavy atom. The molecule has 0 spiro atoms. The van der Waals surface area contributed by atoms with E-state index in [1.54, 1.807) is 18.3 Å². The maximum Gasteiger partial charge on any atom is 0.226 e. The predicted molar refractivity (Wildman–Crippen MR) is 79.2 cm³/mol. The summed E-state index contributed by atoms with van der Waals surface area (Å²) in [7, 11) is 0. The minimum absolute atomic E-state index is 0.272. The maximum atomic E-state index is 13.2. The van der Waals surface area contributed by atoms with Gasteiger partial charge in [0.1, 0.15) is 5.82 Å². The van der Waals surface area contributed by atoms with Gasteiger partial charge in [0, 0.05) is 23.3 Å². The highest BCUT2D eigenvalue weighted by atomic mass is 79.9. The minimum atomic E-state index is -0.272. The molecule has 0 fully saturated rings. The van der Waals surface area contributed by atoms with Crippen molar-refractivity contribution in [2.45, 2.75) is 19.9 Å². The van der Waals surface area contributed by atoms with E-state index in [0.29, 0.717) is 25.0 Å². The summed E-state index contributed by atoms with van der Waals surface area (Å²) in [6.07, 6.45) is 2.55. The van der Waals surface area contributed by atoms with E-state index in [4.69, 9.17) is 4.74 Å². The Hall–Kier alpha value is -1.69.